The van der Waals surface area contributed by atoms with E-state index in [1.165, 1.54) is 4.68 Å². The molecule has 0 bridgehead atoms. The van der Waals surface area contributed by atoms with Crippen molar-refractivity contribution in [1.29, 1.82) is 0 Å². The average Bonchev–Trinajstić information content (AvgIpc) is 2.25. The van der Waals surface area contributed by atoms with Gasteiger partial charge in [0.2, 0.25) is 0 Å². The molecule has 0 aromatic carbocycles. The van der Waals surface area contributed by atoms with Gasteiger partial charge < -0.3 is 10.4 Å². The summed E-state index contributed by atoms with van der Waals surface area (Å²) in [6.07, 6.45) is 1.38. The second kappa shape index (κ2) is 4.58. The Bertz CT molecular complexity index is 460. The van der Waals surface area contributed by atoms with Crippen LogP contribution in [0.4, 0.5) is 0 Å². The summed E-state index contributed by atoms with van der Waals surface area (Å²) in [7, 11) is 0. The molecule has 2 heterocycles. The van der Waals surface area contributed by atoms with Gasteiger partial charge in [0.05, 0.1) is 11.3 Å². The van der Waals surface area contributed by atoms with Gasteiger partial charge in [0.1, 0.15) is 0 Å². The molecule has 1 aliphatic heterocycles. The fourth-order valence-electron chi connectivity index (χ4n) is 1.90. The summed E-state index contributed by atoms with van der Waals surface area (Å²) in [4.78, 5) is 11.8. The summed E-state index contributed by atoms with van der Waals surface area (Å²) in [5, 5.41) is 17.2. The first-order valence-electron chi connectivity index (χ1n) is 5.99. The summed E-state index contributed by atoms with van der Waals surface area (Å²) >= 11 is 0. The third kappa shape index (κ3) is 3.14. The highest BCUT2D eigenvalue weighted by Gasteiger charge is 2.16. The Hall–Kier alpha value is -1.20. The van der Waals surface area contributed by atoms with Crippen LogP contribution in [-0.2, 0) is 19.5 Å². The van der Waals surface area contributed by atoms with E-state index < -0.39 is 5.60 Å². The summed E-state index contributed by atoms with van der Waals surface area (Å²) in [6, 6.07) is 1.65. The second-order valence-corrected chi connectivity index (χ2v) is 5.17. The quantitative estimate of drug-likeness (QED) is 0.779. The molecule has 2 N–H and O–H groups in total. The minimum Gasteiger partial charge on any atom is -0.390 e. The SMILES string of the molecule is CC(C)(O)CCn1nc2c(cc1=O)CNCC2. The van der Waals surface area contributed by atoms with Crippen molar-refractivity contribution >= 4 is 0 Å². The van der Waals surface area contributed by atoms with Crippen molar-refractivity contribution in [3.8, 4) is 0 Å². The predicted molar refractivity (Wildman–Crippen MR) is 64.8 cm³/mol. The third-order valence-corrected chi connectivity index (χ3v) is 2.95. The molecular formula is C12H19N3O2. The van der Waals surface area contributed by atoms with E-state index in [0.717, 1.165) is 30.8 Å². The van der Waals surface area contributed by atoms with Crippen molar-refractivity contribution in [3.05, 3.63) is 27.7 Å². The number of aliphatic hydroxyl groups is 1. The molecule has 0 radical (unpaired) electrons. The van der Waals surface area contributed by atoms with Gasteiger partial charge in [-0.3, -0.25) is 4.79 Å². The van der Waals surface area contributed by atoms with Crippen LogP contribution < -0.4 is 10.9 Å². The first kappa shape index (κ1) is 12.3. The van der Waals surface area contributed by atoms with E-state index in [1.54, 1.807) is 19.9 Å². The molecule has 94 valence electrons. The van der Waals surface area contributed by atoms with Gasteiger partial charge in [0, 0.05) is 32.1 Å². The molecule has 0 spiro atoms. The summed E-state index contributed by atoms with van der Waals surface area (Å²) in [5.74, 6) is 0. The maximum atomic E-state index is 11.8. The lowest BCUT2D eigenvalue weighted by atomic mass is 10.1. The van der Waals surface area contributed by atoms with Gasteiger partial charge in [-0.25, -0.2) is 4.68 Å². The molecule has 0 saturated carbocycles. The monoisotopic (exact) mass is 237 g/mol. The minimum absolute atomic E-state index is 0.0864. The highest BCUT2D eigenvalue weighted by Crippen LogP contribution is 2.10. The summed E-state index contributed by atoms with van der Waals surface area (Å²) < 4.78 is 1.46. The second-order valence-electron chi connectivity index (χ2n) is 5.17. The molecule has 0 atom stereocenters. The van der Waals surface area contributed by atoms with E-state index in [9.17, 15) is 9.90 Å². The first-order valence-corrected chi connectivity index (χ1v) is 5.99. The van der Waals surface area contributed by atoms with Crippen LogP contribution in [0.3, 0.4) is 0 Å². The molecule has 5 heteroatoms. The zero-order valence-electron chi connectivity index (χ0n) is 10.4. The Morgan fingerprint density at radius 1 is 1.59 bits per heavy atom. The molecule has 1 aliphatic rings. The smallest absolute Gasteiger partial charge is 0.267 e. The van der Waals surface area contributed by atoms with Crippen LogP contribution in [0.1, 0.15) is 31.5 Å². The molecular weight excluding hydrogens is 218 g/mol. The molecule has 0 saturated heterocycles. The van der Waals surface area contributed by atoms with Crippen molar-refractivity contribution in [1.82, 2.24) is 15.1 Å². The third-order valence-electron chi connectivity index (χ3n) is 2.95. The van der Waals surface area contributed by atoms with Gasteiger partial charge in [0.25, 0.3) is 5.56 Å². The Balaban J connectivity index is 2.20. The molecule has 17 heavy (non-hydrogen) atoms. The lowest BCUT2D eigenvalue weighted by Crippen LogP contribution is -2.33. The van der Waals surface area contributed by atoms with E-state index in [4.69, 9.17) is 0 Å². The summed E-state index contributed by atoms with van der Waals surface area (Å²) in [5.41, 5.74) is 1.15. The topological polar surface area (TPSA) is 67.1 Å². The van der Waals surface area contributed by atoms with E-state index in [0.29, 0.717) is 13.0 Å². The molecule has 0 unspecified atom stereocenters. The maximum absolute atomic E-state index is 11.8. The van der Waals surface area contributed by atoms with Crippen LogP contribution in [0.5, 0.6) is 0 Å². The normalized spacial score (nSPS) is 15.7. The van der Waals surface area contributed by atoms with E-state index >= 15 is 0 Å². The summed E-state index contributed by atoms with van der Waals surface area (Å²) in [6.45, 7) is 5.57. The molecule has 0 fully saturated rings. The number of aryl methyl sites for hydroxylation is 1. The number of rotatable bonds is 3. The number of hydrogen-bond acceptors (Lipinski definition) is 4. The Kier molecular flexibility index (Phi) is 3.31. The Labute approximate surface area is 100 Å². The van der Waals surface area contributed by atoms with Crippen LogP contribution >= 0.6 is 0 Å². The van der Waals surface area contributed by atoms with Crippen molar-refractivity contribution in [2.45, 2.75) is 45.4 Å². The molecule has 1 aromatic rings. The largest absolute Gasteiger partial charge is 0.390 e. The standard InChI is InChI=1S/C12H19N3O2/c1-12(2,17)4-6-15-11(16)7-9-8-13-5-3-10(9)14-15/h7,13,17H,3-6,8H2,1-2H3. The Morgan fingerprint density at radius 2 is 2.35 bits per heavy atom. The van der Waals surface area contributed by atoms with Crippen molar-refractivity contribution < 1.29 is 5.11 Å². The van der Waals surface area contributed by atoms with Crippen molar-refractivity contribution in [2.75, 3.05) is 6.54 Å². The number of aromatic nitrogens is 2. The predicted octanol–water partition coefficient (Wildman–Crippen LogP) is 0.0500. The highest BCUT2D eigenvalue weighted by molar-refractivity contribution is 5.20. The molecule has 0 amide bonds. The molecule has 2 rings (SSSR count). The van der Waals surface area contributed by atoms with Gasteiger partial charge in [-0.1, -0.05) is 0 Å². The fraction of sp³-hybridized carbons (Fsp3) is 0.667. The zero-order chi connectivity index (χ0) is 12.5. The van der Waals surface area contributed by atoms with Crippen LogP contribution in [0, 0.1) is 0 Å². The zero-order valence-corrected chi connectivity index (χ0v) is 10.4. The van der Waals surface area contributed by atoms with E-state index in [2.05, 4.69) is 10.4 Å². The van der Waals surface area contributed by atoms with Crippen molar-refractivity contribution in [2.24, 2.45) is 0 Å². The fourth-order valence-corrected chi connectivity index (χ4v) is 1.90. The average molecular weight is 237 g/mol. The van der Waals surface area contributed by atoms with Gasteiger partial charge in [-0.05, 0) is 25.8 Å². The van der Waals surface area contributed by atoms with Crippen LogP contribution in [0.15, 0.2) is 10.9 Å². The Morgan fingerprint density at radius 3 is 3.06 bits per heavy atom. The maximum Gasteiger partial charge on any atom is 0.267 e. The van der Waals surface area contributed by atoms with Gasteiger partial charge in [-0.2, -0.15) is 5.10 Å². The highest BCUT2D eigenvalue weighted by atomic mass is 16.3. The van der Waals surface area contributed by atoms with E-state index in [1.807, 2.05) is 0 Å². The van der Waals surface area contributed by atoms with Crippen LogP contribution in [0.2, 0.25) is 0 Å². The van der Waals surface area contributed by atoms with Crippen LogP contribution in [0.25, 0.3) is 0 Å². The van der Waals surface area contributed by atoms with Crippen LogP contribution in [-0.4, -0.2) is 27.0 Å². The van der Waals surface area contributed by atoms with E-state index in [-0.39, 0.29) is 5.56 Å². The molecule has 1 aromatic heterocycles. The minimum atomic E-state index is -0.765. The van der Waals surface area contributed by atoms with Gasteiger partial charge in [-0.15, -0.1) is 0 Å². The van der Waals surface area contributed by atoms with Crippen molar-refractivity contribution in [3.63, 3.8) is 0 Å². The van der Waals surface area contributed by atoms with Gasteiger partial charge in [0.15, 0.2) is 0 Å². The molecule has 5 nitrogen and oxygen atoms in total. The number of nitrogens with one attached hydrogen (secondary N) is 1. The van der Waals surface area contributed by atoms with Gasteiger partial charge >= 0.3 is 0 Å². The number of hydrogen-bond donors (Lipinski definition) is 2. The number of fused-ring (bicyclic) bond motifs is 1. The molecule has 0 aliphatic carbocycles. The first-order chi connectivity index (χ1) is 7.96. The lowest BCUT2D eigenvalue weighted by molar-refractivity contribution is 0.0645. The lowest BCUT2D eigenvalue weighted by Gasteiger charge is -2.19. The number of nitrogens with zero attached hydrogens (tertiary/aromatic N) is 2.